The maximum absolute atomic E-state index is 2.12. The number of rotatable bonds is 0. The summed E-state index contributed by atoms with van der Waals surface area (Å²) in [6.45, 7) is 10.5. The Morgan fingerprint density at radius 3 is 1.06 bits per heavy atom. The molecule has 0 saturated carbocycles. The van der Waals surface area contributed by atoms with E-state index in [2.05, 4.69) is 71.0 Å². The summed E-state index contributed by atoms with van der Waals surface area (Å²) in [6, 6.07) is 18.7. The van der Waals surface area contributed by atoms with Gasteiger partial charge in [-0.15, -0.1) is 0 Å². The molecule has 0 saturated heterocycles. The number of hydrogen-bond donors (Lipinski definition) is 0. The van der Waals surface area contributed by atoms with Crippen LogP contribution in [-0.2, 0) is 0 Å². The lowest BCUT2D eigenvalue weighted by atomic mass is 10.2. The van der Waals surface area contributed by atoms with Crippen molar-refractivity contribution in [1.29, 1.82) is 0 Å². The summed E-state index contributed by atoms with van der Waals surface area (Å²) in [4.78, 5) is 0. The quantitative estimate of drug-likeness (QED) is 0.554. The minimum Gasteiger partial charge on any atom is -0.0656 e. The fourth-order valence-electron chi connectivity index (χ4n) is 1.17. The second-order valence-corrected chi connectivity index (χ2v) is 4.52. The van der Waals surface area contributed by atoms with Gasteiger partial charge in [-0.2, -0.15) is 0 Å². The van der Waals surface area contributed by atoms with Gasteiger partial charge >= 0.3 is 0 Å². The summed E-state index contributed by atoms with van der Waals surface area (Å²) in [7, 11) is 0. The topological polar surface area (TPSA) is 0 Å². The highest BCUT2D eigenvalue weighted by Gasteiger charge is 1.79. The molecular formula is C18H26. The van der Waals surface area contributed by atoms with Crippen molar-refractivity contribution in [1.82, 2.24) is 0 Å². The lowest BCUT2D eigenvalue weighted by molar-refractivity contribution is 1.09. The zero-order valence-corrected chi connectivity index (χ0v) is 12.4. The Morgan fingerprint density at radius 1 is 0.556 bits per heavy atom. The molecule has 0 unspecified atom stereocenters. The van der Waals surface area contributed by atoms with Crippen LogP contribution < -0.4 is 0 Å². The Bertz CT molecular complexity index is 363. The minimum absolute atomic E-state index is 1.25. The minimum atomic E-state index is 1.25. The Hall–Kier alpha value is -1.56. The molecule has 0 aliphatic carbocycles. The molecular weight excluding hydrogens is 216 g/mol. The van der Waals surface area contributed by atoms with E-state index in [-0.39, 0.29) is 0 Å². The molecule has 2 aromatic rings. The van der Waals surface area contributed by atoms with Gasteiger partial charge in [-0.3, -0.25) is 0 Å². The lowest BCUT2D eigenvalue weighted by Gasteiger charge is -1.90. The van der Waals surface area contributed by atoms with Gasteiger partial charge < -0.3 is 0 Å². The maximum atomic E-state index is 2.12. The molecule has 0 amide bonds. The van der Waals surface area contributed by atoms with Crippen molar-refractivity contribution >= 4 is 0 Å². The van der Waals surface area contributed by atoms with E-state index >= 15 is 0 Å². The largest absolute Gasteiger partial charge is 0.0656 e. The molecule has 0 heteroatoms. The first kappa shape index (κ1) is 16.4. The van der Waals surface area contributed by atoms with Crippen LogP contribution in [0.1, 0.15) is 37.0 Å². The smallest absolute Gasteiger partial charge is 0.0398 e. The third kappa shape index (κ3) is 9.65. The summed E-state index contributed by atoms with van der Waals surface area (Å²) >= 11 is 0. The van der Waals surface area contributed by atoms with Crippen molar-refractivity contribution in [2.24, 2.45) is 0 Å². The van der Waals surface area contributed by atoms with Crippen molar-refractivity contribution in [2.75, 3.05) is 0 Å². The average molecular weight is 242 g/mol. The van der Waals surface area contributed by atoms with Crippen LogP contribution in [0.5, 0.6) is 0 Å². The predicted octanol–water partition coefficient (Wildman–Crippen LogP) is 5.71. The number of hydrogen-bond acceptors (Lipinski definition) is 0. The molecule has 0 spiro atoms. The molecule has 0 fully saturated rings. The predicted molar refractivity (Wildman–Crippen MR) is 83.1 cm³/mol. The molecule has 18 heavy (non-hydrogen) atoms. The van der Waals surface area contributed by atoms with Crippen molar-refractivity contribution in [2.45, 2.75) is 41.0 Å². The third-order valence-electron chi connectivity index (χ3n) is 2.16. The molecule has 2 aromatic carbocycles. The molecule has 0 aliphatic rings. The van der Waals surface area contributed by atoms with Gasteiger partial charge in [0, 0.05) is 0 Å². The number of benzene rings is 2. The summed E-state index contributed by atoms with van der Waals surface area (Å²) in [5.74, 6) is 0. The van der Waals surface area contributed by atoms with Crippen LogP contribution in [0.25, 0.3) is 0 Å². The second kappa shape index (κ2) is 10.6. The van der Waals surface area contributed by atoms with E-state index in [1.54, 1.807) is 0 Å². The normalized spacial score (nSPS) is 8.50. The van der Waals surface area contributed by atoms with Gasteiger partial charge in [-0.1, -0.05) is 91.6 Å². The first-order valence-electron chi connectivity index (χ1n) is 6.65. The van der Waals surface area contributed by atoms with E-state index in [1.807, 2.05) is 18.2 Å². The first-order chi connectivity index (χ1) is 8.60. The van der Waals surface area contributed by atoms with Crippen LogP contribution in [0.2, 0.25) is 0 Å². The summed E-state index contributed by atoms with van der Waals surface area (Å²) < 4.78 is 0. The molecule has 2 rings (SSSR count). The van der Waals surface area contributed by atoms with Crippen molar-refractivity contribution in [3.05, 3.63) is 71.3 Å². The SMILES string of the molecule is CCC.Cc1ccc(C)cc1.Cc1ccccc1. The zero-order chi connectivity index (χ0) is 13.8. The van der Waals surface area contributed by atoms with E-state index < -0.39 is 0 Å². The third-order valence-corrected chi connectivity index (χ3v) is 2.16. The summed E-state index contributed by atoms with van der Waals surface area (Å²) in [5, 5.41) is 0. The maximum Gasteiger partial charge on any atom is -0.0398 e. The second-order valence-electron chi connectivity index (χ2n) is 4.52. The van der Waals surface area contributed by atoms with E-state index in [9.17, 15) is 0 Å². The zero-order valence-electron chi connectivity index (χ0n) is 12.4. The Balaban J connectivity index is 0.000000267. The van der Waals surface area contributed by atoms with Crippen LogP contribution >= 0.6 is 0 Å². The standard InChI is InChI=1S/C8H10.C7H8.C3H8/c1-7-3-5-8(2)6-4-7;1-7-5-3-2-4-6-7;1-3-2/h3-6H,1-2H3;2-6H,1H3;3H2,1-2H3. The fraction of sp³-hybridized carbons (Fsp3) is 0.333. The Labute approximate surface area is 113 Å². The van der Waals surface area contributed by atoms with Crippen LogP contribution in [0.15, 0.2) is 54.6 Å². The molecule has 0 radical (unpaired) electrons. The van der Waals surface area contributed by atoms with E-state index in [0.717, 1.165) is 0 Å². The molecule has 0 bridgehead atoms. The molecule has 98 valence electrons. The van der Waals surface area contributed by atoms with Crippen molar-refractivity contribution < 1.29 is 0 Å². The van der Waals surface area contributed by atoms with Crippen LogP contribution in [0.4, 0.5) is 0 Å². The van der Waals surface area contributed by atoms with Gasteiger partial charge in [-0.05, 0) is 20.8 Å². The van der Waals surface area contributed by atoms with Crippen LogP contribution in [0.3, 0.4) is 0 Å². The Kier molecular flexibility index (Phi) is 9.67. The highest BCUT2D eigenvalue weighted by atomic mass is 13.9. The molecule has 0 atom stereocenters. The lowest BCUT2D eigenvalue weighted by Crippen LogP contribution is -1.70. The Morgan fingerprint density at radius 2 is 0.833 bits per heavy atom. The van der Waals surface area contributed by atoms with Gasteiger partial charge in [0.1, 0.15) is 0 Å². The van der Waals surface area contributed by atoms with Gasteiger partial charge in [-0.25, -0.2) is 0 Å². The monoisotopic (exact) mass is 242 g/mol. The van der Waals surface area contributed by atoms with Crippen LogP contribution in [-0.4, -0.2) is 0 Å². The molecule has 0 heterocycles. The van der Waals surface area contributed by atoms with Gasteiger partial charge in [0.15, 0.2) is 0 Å². The molecule has 0 aliphatic heterocycles. The van der Waals surface area contributed by atoms with E-state index in [0.29, 0.717) is 0 Å². The van der Waals surface area contributed by atoms with Crippen molar-refractivity contribution in [3.8, 4) is 0 Å². The highest BCUT2D eigenvalue weighted by molar-refractivity contribution is 5.19. The van der Waals surface area contributed by atoms with Crippen LogP contribution in [0, 0.1) is 20.8 Å². The van der Waals surface area contributed by atoms with Crippen molar-refractivity contribution in [3.63, 3.8) is 0 Å². The average Bonchev–Trinajstić information content (AvgIpc) is 2.36. The van der Waals surface area contributed by atoms with E-state index in [4.69, 9.17) is 0 Å². The van der Waals surface area contributed by atoms with E-state index in [1.165, 1.54) is 23.1 Å². The molecule has 0 N–H and O–H groups in total. The first-order valence-corrected chi connectivity index (χ1v) is 6.65. The molecule has 0 nitrogen and oxygen atoms in total. The van der Waals surface area contributed by atoms with Gasteiger partial charge in [0.25, 0.3) is 0 Å². The number of aryl methyl sites for hydroxylation is 3. The molecule has 0 aromatic heterocycles. The fourth-order valence-corrected chi connectivity index (χ4v) is 1.17. The van der Waals surface area contributed by atoms with Gasteiger partial charge in [0.05, 0.1) is 0 Å². The van der Waals surface area contributed by atoms with Gasteiger partial charge in [0.2, 0.25) is 0 Å². The summed E-state index contributed by atoms with van der Waals surface area (Å²) in [5.41, 5.74) is 3.98. The summed E-state index contributed by atoms with van der Waals surface area (Å²) in [6.07, 6.45) is 1.25. The highest BCUT2D eigenvalue weighted by Crippen LogP contribution is 1.99.